The number of hydrogen-bond donors (Lipinski definition) is 1. The fourth-order valence-corrected chi connectivity index (χ4v) is 1.12. The third-order valence-corrected chi connectivity index (χ3v) is 1.74. The zero-order valence-corrected chi connectivity index (χ0v) is 7.93. The number of rotatable bonds is 4. The number of para-hydroxylation sites is 1. The van der Waals surface area contributed by atoms with E-state index in [9.17, 15) is 4.39 Å². The number of ether oxygens (including phenoxy) is 1. The third kappa shape index (κ3) is 2.34. The molecule has 1 N–H and O–H groups in total. The average molecular weight is 183 g/mol. The normalized spacial score (nSPS) is 9.77. The predicted octanol–water partition coefficient (Wildman–Crippen LogP) is 2.66. The van der Waals surface area contributed by atoms with E-state index in [4.69, 9.17) is 4.74 Å². The van der Waals surface area contributed by atoms with Crippen LogP contribution in [0.5, 0.6) is 5.75 Å². The van der Waals surface area contributed by atoms with E-state index in [1.54, 1.807) is 12.1 Å². The summed E-state index contributed by atoms with van der Waals surface area (Å²) in [6.07, 6.45) is 1.000. The second kappa shape index (κ2) is 4.70. The Morgan fingerprint density at radius 1 is 1.46 bits per heavy atom. The fraction of sp³-hybridized carbons (Fsp3) is 0.400. The maximum atomic E-state index is 13.1. The van der Waals surface area contributed by atoms with Crippen molar-refractivity contribution < 1.29 is 9.13 Å². The van der Waals surface area contributed by atoms with Gasteiger partial charge in [0.15, 0.2) is 11.6 Å². The topological polar surface area (TPSA) is 21.3 Å². The monoisotopic (exact) mass is 183 g/mol. The second-order valence-electron chi connectivity index (χ2n) is 2.75. The first-order chi connectivity index (χ1) is 6.29. The molecule has 0 heterocycles. The molecular formula is C10H14FNO. The molecular weight excluding hydrogens is 169 g/mol. The van der Waals surface area contributed by atoms with Crippen molar-refractivity contribution in [3.05, 3.63) is 24.0 Å². The van der Waals surface area contributed by atoms with E-state index in [2.05, 4.69) is 12.2 Å². The Morgan fingerprint density at radius 2 is 2.23 bits per heavy atom. The van der Waals surface area contributed by atoms with Crippen LogP contribution < -0.4 is 10.1 Å². The van der Waals surface area contributed by atoms with Crippen molar-refractivity contribution in [1.29, 1.82) is 0 Å². The molecule has 0 atom stereocenters. The van der Waals surface area contributed by atoms with E-state index in [0.717, 1.165) is 13.0 Å². The van der Waals surface area contributed by atoms with Gasteiger partial charge in [0.05, 0.1) is 12.8 Å². The van der Waals surface area contributed by atoms with Crippen LogP contribution in [0.15, 0.2) is 18.2 Å². The highest BCUT2D eigenvalue weighted by Crippen LogP contribution is 2.26. The number of benzene rings is 1. The van der Waals surface area contributed by atoms with Crippen LogP contribution in [0.2, 0.25) is 0 Å². The summed E-state index contributed by atoms with van der Waals surface area (Å²) in [7, 11) is 1.47. The minimum Gasteiger partial charge on any atom is -0.492 e. The summed E-state index contributed by atoms with van der Waals surface area (Å²) in [4.78, 5) is 0. The summed E-state index contributed by atoms with van der Waals surface area (Å²) >= 11 is 0. The van der Waals surface area contributed by atoms with Gasteiger partial charge < -0.3 is 10.1 Å². The highest BCUT2D eigenvalue weighted by molar-refractivity contribution is 5.56. The summed E-state index contributed by atoms with van der Waals surface area (Å²) in [5.41, 5.74) is 0.712. The van der Waals surface area contributed by atoms with Gasteiger partial charge in [-0.1, -0.05) is 13.0 Å². The Kier molecular flexibility index (Phi) is 3.55. The number of nitrogens with one attached hydrogen (secondary N) is 1. The Balaban J connectivity index is 2.85. The minimum absolute atomic E-state index is 0.288. The summed E-state index contributed by atoms with van der Waals surface area (Å²) in [5.74, 6) is -0.0421. The van der Waals surface area contributed by atoms with Crippen molar-refractivity contribution in [2.24, 2.45) is 0 Å². The molecule has 72 valence electrons. The lowest BCUT2D eigenvalue weighted by Gasteiger charge is -2.10. The molecule has 0 bridgehead atoms. The first-order valence-corrected chi connectivity index (χ1v) is 4.36. The lowest BCUT2D eigenvalue weighted by molar-refractivity contribution is 0.388. The number of halogens is 1. The maximum Gasteiger partial charge on any atom is 0.177 e. The molecule has 0 aliphatic carbocycles. The molecule has 0 fully saturated rings. The second-order valence-corrected chi connectivity index (χ2v) is 2.75. The van der Waals surface area contributed by atoms with Gasteiger partial charge >= 0.3 is 0 Å². The summed E-state index contributed by atoms with van der Waals surface area (Å²) < 4.78 is 18.0. The zero-order valence-electron chi connectivity index (χ0n) is 7.93. The summed E-state index contributed by atoms with van der Waals surface area (Å²) in [5, 5.41) is 3.09. The van der Waals surface area contributed by atoms with Crippen molar-refractivity contribution in [1.82, 2.24) is 0 Å². The first-order valence-electron chi connectivity index (χ1n) is 4.36. The van der Waals surface area contributed by atoms with E-state index in [1.807, 2.05) is 0 Å². The quantitative estimate of drug-likeness (QED) is 0.774. The Bertz CT molecular complexity index is 276. The molecule has 0 aliphatic heterocycles. The van der Waals surface area contributed by atoms with Crippen molar-refractivity contribution in [2.45, 2.75) is 13.3 Å². The molecule has 1 aromatic rings. The molecule has 0 saturated heterocycles. The van der Waals surface area contributed by atoms with E-state index >= 15 is 0 Å². The van der Waals surface area contributed by atoms with Gasteiger partial charge in [-0.05, 0) is 18.6 Å². The Hall–Kier alpha value is -1.25. The largest absolute Gasteiger partial charge is 0.492 e. The summed E-state index contributed by atoms with van der Waals surface area (Å²) in [6, 6.07) is 4.85. The van der Waals surface area contributed by atoms with E-state index < -0.39 is 0 Å². The molecule has 1 rings (SSSR count). The van der Waals surface area contributed by atoms with Gasteiger partial charge in [-0.2, -0.15) is 0 Å². The molecule has 0 aliphatic rings. The third-order valence-electron chi connectivity index (χ3n) is 1.74. The van der Waals surface area contributed by atoms with Crippen LogP contribution in [0.3, 0.4) is 0 Å². The molecule has 0 saturated carbocycles. The number of methoxy groups -OCH3 is 1. The van der Waals surface area contributed by atoms with Gasteiger partial charge in [0, 0.05) is 6.54 Å². The molecule has 0 radical (unpaired) electrons. The van der Waals surface area contributed by atoms with Crippen LogP contribution in [0.4, 0.5) is 10.1 Å². The van der Waals surface area contributed by atoms with Crippen molar-refractivity contribution in [3.63, 3.8) is 0 Å². The average Bonchev–Trinajstić information content (AvgIpc) is 2.15. The van der Waals surface area contributed by atoms with E-state index in [1.165, 1.54) is 13.2 Å². The smallest absolute Gasteiger partial charge is 0.177 e. The molecule has 0 aromatic heterocycles. The van der Waals surface area contributed by atoms with Crippen LogP contribution in [0.25, 0.3) is 0 Å². The Morgan fingerprint density at radius 3 is 2.85 bits per heavy atom. The van der Waals surface area contributed by atoms with E-state index in [-0.39, 0.29) is 11.6 Å². The van der Waals surface area contributed by atoms with Gasteiger partial charge in [-0.3, -0.25) is 0 Å². The molecule has 1 aromatic carbocycles. The summed E-state index contributed by atoms with van der Waals surface area (Å²) in [6.45, 7) is 2.87. The molecule has 13 heavy (non-hydrogen) atoms. The fourth-order valence-electron chi connectivity index (χ4n) is 1.12. The SMILES string of the molecule is CCCNc1cccc(F)c1OC. The molecule has 0 amide bonds. The van der Waals surface area contributed by atoms with Gasteiger partial charge in [-0.25, -0.2) is 4.39 Å². The standard InChI is InChI=1S/C10H14FNO/c1-3-7-12-9-6-4-5-8(11)10(9)13-2/h4-6,12H,3,7H2,1-2H3. The maximum absolute atomic E-state index is 13.1. The lowest BCUT2D eigenvalue weighted by atomic mass is 10.2. The predicted molar refractivity (Wildman–Crippen MR) is 51.7 cm³/mol. The number of anilines is 1. The number of hydrogen-bond acceptors (Lipinski definition) is 2. The van der Waals surface area contributed by atoms with E-state index in [0.29, 0.717) is 5.69 Å². The molecule has 2 nitrogen and oxygen atoms in total. The van der Waals surface area contributed by atoms with Crippen LogP contribution in [-0.4, -0.2) is 13.7 Å². The van der Waals surface area contributed by atoms with Gasteiger partial charge in [0.2, 0.25) is 0 Å². The molecule has 3 heteroatoms. The molecule has 0 unspecified atom stereocenters. The zero-order chi connectivity index (χ0) is 9.68. The van der Waals surface area contributed by atoms with Crippen molar-refractivity contribution in [2.75, 3.05) is 19.0 Å². The van der Waals surface area contributed by atoms with Gasteiger partial charge in [0.25, 0.3) is 0 Å². The van der Waals surface area contributed by atoms with Gasteiger partial charge in [-0.15, -0.1) is 0 Å². The van der Waals surface area contributed by atoms with Crippen molar-refractivity contribution in [3.8, 4) is 5.75 Å². The van der Waals surface area contributed by atoms with Crippen LogP contribution in [-0.2, 0) is 0 Å². The molecule has 0 spiro atoms. The minimum atomic E-state index is -0.330. The van der Waals surface area contributed by atoms with Crippen molar-refractivity contribution >= 4 is 5.69 Å². The van der Waals surface area contributed by atoms with Crippen LogP contribution in [0.1, 0.15) is 13.3 Å². The van der Waals surface area contributed by atoms with Gasteiger partial charge in [0.1, 0.15) is 0 Å². The first kappa shape index (κ1) is 9.84. The lowest BCUT2D eigenvalue weighted by Crippen LogP contribution is -2.02. The van der Waals surface area contributed by atoms with Crippen LogP contribution in [0, 0.1) is 5.82 Å². The highest BCUT2D eigenvalue weighted by Gasteiger charge is 2.06. The van der Waals surface area contributed by atoms with Crippen LogP contribution >= 0.6 is 0 Å². The Labute approximate surface area is 77.7 Å². The highest BCUT2D eigenvalue weighted by atomic mass is 19.1.